The van der Waals surface area contributed by atoms with E-state index in [1.54, 1.807) is 11.0 Å². The van der Waals surface area contributed by atoms with E-state index in [1.165, 1.54) is 12.1 Å². The zero-order chi connectivity index (χ0) is 15.3. The highest BCUT2D eigenvalue weighted by Crippen LogP contribution is 2.14. The summed E-state index contributed by atoms with van der Waals surface area (Å²) in [6.07, 6.45) is 1.65. The molecule has 0 unspecified atom stereocenters. The molecule has 1 aromatic heterocycles. The third-order valence-corrected chi connectivity index (χ3v) is 2.65. The van der Waals surface area contributed by atoms with Gasteiger partial charge in [0.05, 0.1) is 6.54 Å². The minimum Gasteiger partial charge on any atom is -0.475 e. The van der Waals surface area contributed by atoms with Gasteiger partial charge in [-0.25, -0.2) is 9.59 Å². The molecule has 1 heterocycles. The second-order valence-corrected chi connectivity index (χ2v) is 5.30. The van der Waals surface area contributed by atoms with Crippen molar-refractivity contribution in [3.63, 3.8) is 0 Å². The molecular weight excluding hydrogens is 260 g/mol. The van der Waals surface area contributed by atoms with Gasteiger partial charge in [0.1, 0.15) is 5.76 Å². The highest BCUT2D eigenvalue weighted by atomic mass is 16.4. The van der Waals surface area contributed by atoms with Gasteiger partial charge < -0.3 is 19.7 Å². The van der Waals surface area contributed by atoms with E-state index in [2.05, 4.69) is 11.9 Å². The summed E-state index contributed by atoms with van der Waals surface area (Å²) < 4.78 is 5.07. The molecule has 1 aromatic rings. The minimum absolute atomic E-state index is 0.135. The molecule has 6 heteroatoms. The van der Waals surface area contributed by atoms with Crippen LogP contribution in [0, 0.1) is 0 Å². The maximum Gasteiger partial charge on any atom is 0.371 e. The van der Waals surface area contributed by atoms with Gasteiger partial charge in [0, 0.05) is 12.1 Å². The third kappa shape index (κ3) is 4.15. The number of carbonyl (C=O) groups excluding carboxylic acids is 1. The molecule has 2 amide bonds. The van der Waals surface area contributed by atoms with Gasteiger partial charge in [-0.2, -0.15) is 0 Å². The van der Waals surface area contributed by atoms with Gasteiger partial charge in [-0.1, -0.05) is 6.08 Å². The predicted octanol–water partition coefficient (Wildman–Crippen LogP) is 2.47. The number of nitrogens with zero attached hydrogens (tertiary/aromatic N) is 1. The van der Waals surface area contributed by atoms with Crippen molar-refractivity contribution in [1.29, 1.82) is 0 Å². The summed E-state index contributed by atoms with van der Waals surface area (Å²) in [6, 6.07) is 2.62. The first-order valence-electron chi connectivity index (χ1n) is 6.24. The lowest BCUT2D eigenvalue weighted by molar-refractivity contribution is 0.0660. The van der Waals surface area contributed by atoms with Crippen LogP contribution in [0.5, 0.6) is 0 Å². The molecule has 20 heavy (non-hydrogen) atoms. The van der Waals surface area contributed by atoms with E-state index in [9.17, 15) is 9.59 Å². The Morgan fingerprint density at radius 1 is 1.45 bits per heavy atom. The van der Waals surface area contributed by atoms with Gasteiger partial charge in [-0.05, 0) is 32.9 Å². The fraction of sp³-hybridized carbons (Fsp3) is 0.429. The first-order valence-corrected chi connectivity index (χ1v) is 6.24. The lowest BCUT2D eigenvalue weighted by atomic mass is 10.1. The number of furan rings is 1. The Hall–Kier alpha value is -2.24. The van der Waals surface area contributed by atoms with Gasteiger partial charge in [0.2, 0.25) is 5.76 Å². The summed E-state index contributed by atoms with van der Waals surface area (Å²) in [7, 11) is 0. The SMILES string of the molecule is C=CCN(C(=O)NCc1ccc(C(=O)O)o1)C(C)(C)C. The van der Waals surface area contributed by atoms with Crippen LogP contribution in [0.25, 0.3) is 0 Å². The lowest BCUT2D eigenvalue weighted by Crippen LogP contribution is -2.50. The average molecular weight is 280 g/mol. The van der Waals surface area contributed by atoms with Gasteiger partial charge in [-0.15, -0.1) is 6.58 Å². The quantitative estimate of drug-likeness (QED) is 0.812. The highest BCUT2D eigenvalue weighted by molar-refractivity contribution is 5.84. The van der Waals surface area contributed by atoms with E-state index in [4.69, 9.17) is 9.52 Å². The number of hydrogen-bond donors (Lipinski definition) is 2. The summed E-state index contributed by atoms with van der Waals surface area (Å²) in [5.74, 6) is -0.887. The van der Waals surface area contributed by atoms with Gasteiger partial charge in [-0.3, -0.25) is 0 Å². The summed E-state index contributed by atoms with van der Waals surface area (Å²) in [6.45, 7) is 9.96. The van der Waals surface area contributed by atoms with Crippen LogP contribution >= 0.6 is 0 Å². The van der Waals surface area contributed by atoms with Gasteiger partial charge >= 0.3 is 12.0 Å². The molecule has 0 aliphatic carbocycles. The molecule has 0 fully saturated rings. The van der Waals surface area contributed by atoms with Crippen molar-refractivity contribution >= 4 is 12.0 Å². The smallest absolute Gasteiger partial charge is 0.371 e. The topological polar surface area (TPSA) is 82.8 Å². The summed E-state index contributed by atoms with van der Waals surface area (Å²) in [5.41, 5.74) is -0.340. The molecular formula is C14H20N2O4. The molecule has 6 nitrogen and oxygen atoms in total. The number of amides is 2. The standard InChI is InChI=1S/C14H20N2O4/c1-5-8-16(14(2,3)4)13(19)15-9-10-6-7-11(20-10)12(17)18/h5-7H,1,8-9H2,2-4H3,(H,15,19)(H,17,18). The molecule has 0 aliphatic rings. The third-order valence-electron chi connectivity index (χ3n) is 2.65. The van der Waals surface area contributed by atoms with E-state index in [1.807, 2.05) is 20.8 Å². The Morgan fingerprint density at radius 2 is 2.10 bits per heavy atom. The number of aromatic carboxylic acids is 1. The molecule has 0 bridgehead atoms. The van der Waals surface area contributed by atoms with Gasteiger partial charge in [0.15, 0.2) is 0 Å². The number of hydrogen-bond acceptors (Lipinski definition) is 3. The zero-order valence-electron chi connectivity index (χ0n) is 12.0. The highest BCUT2D eigenvalue weighted by Gasteiger charge is 2.25. The molecule has 1 rings (SSSR count). The molecule has 0 saturated heterocycles. The fourth-order valence-electron chi connectivity index (χ4n) is 1.64. The largest absolute Gasteiger partial charge is 0.475 e. The van der Waals surface area contributed by atoms with Crippen LogP contribution in [0.2, 0.25) is 0 Å². The molecule has 110 valence electrons. The van der Waals surface area contributed by atoms with E-state index in [0.29, 0.717) is 12.3 Å². The van der Waals surface area contributed by atoms with Crippen molar-refractivity contribution in [3.8, 4) is 0 Å². The van der Waals surface area contributed by atoms with Crippen LogP contribution in [0.15, 0.2) is 29.2 Å². The number of urea groups is 1. The molecule has 0 spiro atoms. The summed E-state index contributed by atoms with van der Waals surface area (Å²) in [5, 5.41) is 11.4. The van der Waals surface area contributed by atoms with E-state index >= 15 is 0 Å². The van der Waals surface area contributed by atoms with Crippen molar-refractivity contribution in [2.75, 3.05) is 6.54 Å². The molecule has 0 atom stereocenters. The number of carboxylic acids is 1. The van der Waals surface area contributed by atoms with Crippen LogP contribution in [0.4, 0.5) is 4.79 Å². The minimum atomic E-state index is -1.13. The van der Waals surface area contributed by atoms with Gasteiger partial charge in [0.25, 0.3) is 0 Å². The monoisotopic (exact) mass is 280 g/mol. The normalized spacial score (nSPS) is 10.9. The number of carbonyl (C=O) groups is 2. The molecule has 0 aromatic carbocycles. The molecule has 0 aliphatic heterocycles. The van der Waals surface area contributed by atoms with Crippen LogP contribution < -0.4 is 5.32 Å². The molecule has 0 radical (unpaired) electrons. The number of carboxylic acid groups (broad SMARTS) is 1. The van der Waals surface area contributed by atoms with Crippen LogP contribution in [0.1, 0.15) is 37.1 Å². The lowest BCUT2D eigenvalue weighted by Gasteiger charge is -2.34. The van der Waals surface area contributed by atoms with Crippen LogP contribution in [-0.4, -0.2) is 34.1 Å². The average Bonchev–Trinajstić information content (AvgIpc) is 2.80. The number of rotatable bonds is 5. The Kier molecular flexibility index (Phi) is 4.96. The second-order valence-electron chi connectivity index (χ2n) is 5.30. The van der Waals surface area contributed by atoms with E-state index < -0.39 is 5.97 Å². The Labute approximate surface area is 118 Å². The van der Waals surface area contributed by atoms with Crippen molar-refractivity contribution in [3.05, 3.63) is 36.3 Å². The summed E-state index contributed by atoms with van der Waals surface area (Å²) in [4.78, 5) is 24.4. The van der Waals surface area contributed by atoms with E-state index in [-0.39, 0.29) is 23.9 Å². The molecule has 0 saturated carbocycles. The Morgan fingerprint density at radius 3 is 2.55 bits per heavy atom. The van der Waals surface area contributed by atoms with Crippen molar-refractivity contribution in [1.82, 2.24) is 10.2 Å². The van der Waals surface area contributed by atoms with Crippen LogP contribution in [-0.2, 0) is 6.54 Å². The first kappa shape index (κ1) is 15.8. The maximum atomic E-state index is 12.1. The Balaban J connectivity index is 2.64. The van der Waals surface area contributed by atoms with E-state index in [0.717, 1.165) is 0 Å². The zero-order valence-corrected chi connectivity index (χ0v) is 12.0. The Bertz CT molecular complexity index is 500. The maximum absolute atomic E-state index is 12.1. The van der Waals surface area contributed by atoms with Crippen LogP contribution in [0.3, 0.4) is 0 Å². The fourth-order valence-corrected chi connectivity index (χ4v) is 1.64. The van der Waals surface area contributed by atoms with Crippen molar-refractivity contribution in [2.24, 2.45) is 0 Å². The van der Waals surface area contributed by atoms with Crippen molar-refractivity contribution < 1.29 is 19.1 Å². The second kappa shape index (κ2) is 6.27. The summed E-state index contributed by atoms with van der Waals surface area (Å²) >= 11 is 0. The molecule has 2 N–H and O–H groups in total. The number of nitrogens with one attached hydrogen (secondary N) is 1. The predicted molar refractivity (Wildman–Crippen MR) is 74.6 cm³/mol. The van der Waals surface area contributed by atoms with Crippen molar-refractivity contribution in [2.45, 2.75) is 32.9 Å². The first-order chi connectivity index (χ1) is 9.25.